The van der Waals surface area contributed by atoms with Gasteiger partial charge in [-0.1, -0.05) is 29.8 Å². The van der Waals surface area contributed by atoms with Crippen molar-refractivity contribution in [1.82, 2.24) is 4.90 Å². The van der Waals surface area contributed by atoms with Crippen molar-refractivity contribution in [3.63, 3.8) is 0 Å². The molecule has 0 aromatic heterocycles. The third-order valence-electron chi connectivity index (χ3n) is 5.14. The zero-order valence-electron chi connectivity index (χ0n) is 18.8. The average molecular weight is 558 g/mol. The molecular formula is C24H13ClFN3O8S. The van der Waals surface area contributed by atoms with Gasteiger partial charge in [0.1, 0.15) is 11.6 Å². The second-order valence-corrected chi connectivity index (χ2v) is 9.12. The van der Waals surface area contributed by atoms with Crippen LogP contribution < -0.4 is 4.74 Å². The van der Waals surface area contributed by atoms with E-state index in [-0.39, 0.29) is 22.2 Å². The Morgan fingerprint density at radius 1 is 1.03 bits per heavy atom. The summed E-state index contributed by atoms with van der Waals surface area (Å²) in [5.74, 6) is -2.26. The maximum Gasteiger partial charge on any atom is 0.344 e. The van der Waals surface area contributed by atoms with E-state index in [9.17, 15) is 39.0 Å². The van der Waals surface area contributed by atoms with Gasteiger partial charge in [-0.2, -0.15) is 0 Å². The van der Waals surface area contributed by atoms with Crippen LogP contribution in [0.25, 0.3) is 6.08 Å². The van der Waals surface area contributed by atoms with Crippen molar-refractivity contribution in [3.05, 3.63) is 113 Å². The molecule has 0 N–H and O–H groups in total. The van der Waals surface area contributed by atoms with Crippen molar-refractivity contribution >= 4 is 57.9 Å². The number of imide groups is 1. The zero-order chi connectivity index (χ0) is 27.6. The van der Waals surface area contributed by atoms with Crippen LogP contribution in [0.15, 0.2) is 65.6 Å². The maximum atomic E-state index is 13.3. The molecular weight excluding hydrogens is 545 g/mol. The van der Waals surface area contributed by atoms with Crippen LogP contribution in [0.2, 0.25) is 5.02 Å². The molecule has 0 saturated carbocycles. The lowest BCUT2D eigenvalue weighted by atomic mass is 10.1. The Balaban J connectivity index is 1.53. The number of non-ortho nitro benzene ring substituents is 2. The summed E-state index contributed by atoms with van der Waals surface area (Å²) in [6.45, 7) is -0.159. The Bertz CT molecular complexity index is 1530. The van der Waals surface area contributed by atoms with Crippen LogP contribution >= 0.6 is 23.4 Å². The lowest BCUT2D eigenvalue weighted by Crippen LogP contribution is -2.27. The Labute approximate surface area is 221 Å². The lowest BCUT2D eigenvalue weighted by Gasteiger charge is -2.13. The van der Waals surface area contributed by atoms with Gasteiger partial charge in [0.2, 0.25) is 0 Å². The predicted molar refractivity (Wildman–Crippen MR) is 134 cm³/mol. The summed E-state index contributed by atoms with van der Waals surface area (Å²) in [6, 6.07) is 11.8. The van der Waals surface area contributed by atoms with Gasteiger partial charge in [-0.3, -0.25) is 34.7 Å². The molecule has 0 spiro atoms. The van der Waals surface area contributed by atoms with E-state index in [4.69, 9.17) is 16.3 Å². The van der Waals surface area contributed by atoms with Crippen LogP contribution in [-0.2, 0) is 11.3 Å². The highest BCUT2D eigenvalue weighted by molar-refractivity contribution is 8.18. The molecule has 3 aromatic rings. The number of carbonyl (C=O) groups is 3. The molecule has 0 unspecified atom stereocenters. The smallest absolute Gasteiger partial charge is 0.344 e. The molecule has 0 aliphatic carbocycles. The van der Waals surface area contributed by atoms with Crippen LogP contribution in [0.3, 0.4) is 0 Å². The van der Waals surface area contributed by atoms with Crippen molar-refractivity contribution in [2.24, 2.45) is 0 Å². The van der Waals surface area contributed by atoms with Crippen molar-refractivity contribution in [2.45, 2.75) is 6.54 Å². The molecule has 0 atom stereocenters. The number of nitrogens with zero attached hydrogens (tertiary/aromatic N) is 3. The summed E-state index contributed by atoms with van der Waals surface area (Å²) in [5, 5.41) is 21.6. The molecule has 14 heteroatoms. The van der Waals surface area contributed by atoms with Gasteiger partial charge >= 0.3 is 5.97 Å². The van der Waals surface area contributed by atoms with Crippen LogP contribution in [0.5, 0.6) is 5.75 Å². The highest BCUT2D eigenvalue weighted by atomic mass is 35.5. The molecule has 1 aliphatic heterocycles. The predicted octanol–water partition coefficient (Wildman–Crippen LogP) is 5.75. The maximum absolute atomic E-state index is 13.3. The summed E-state index contributed by atoms with van der Waals surface area (Å²) < 4.78 is 18.5. The molecule has 1 aliphatic rings. The first kappa shape index (κ1) is 26.4. The van der Waals surface area contributed by atoms with Crippen LogP contribution in [0, 0.1) is 26.0 Å². The third-order valence-corrected chi connectivity index (χ3v) is 6.40. The van der Waals surface area contributed by atoms with Gasteiger partial charge in [0, 0.05) is 17.2 Å². The van der Waals surface area contributed by atoms with Crippen molar-refractivity contribution in [3.8, 4) is 5.75 Å². The van der Waals surface area contributed by atoms with Gasteiger partial charge in [0.05, 0.1) is 32.9 Å². The van der Waals surface area contributed by atoms with Gasteiger partial charge in [-0.15, -0.1) is 0 Å². The minimum Gasteiger partial charge on any atom is -0.423 e. The summed E-state index contributed by atoms with van der Waals surface area (Å²) in [4.78, 5) is 59.2. The fraction of sp³-hybridized carbons (Fsp3) is 0.0417. The number of thioether (sulfide) groups is 1. The Hall–Kier alpha value is -4.62. The van der Waals surface area contributed by atoms with Crippen LogP contribution in [0.4, 0.5) is 20.6 Å². The molecule has 38 heavy (non-hydrogen) atoms. The Kier molecular flexibility index (Phi) is 7.50. The summed E-state index contributed by atoms with van der Waals surface area (Å²) >= 11 is 6.68. The number of rotatable bonds is 7. The largest absolute Gasteiger partial charge is 0.423 e. The van der Waals surface area contributed by atoms with E-state index in [1.54, 1.807) is 6.07 Å². The zero-order valence-corrected chi connectivity index (χ0v) is 20.4. The van der Waals surface area contributed by atoms with E-state index in [0.717, 1.165) is 29.2 Å². The number of carbonyl (C=O) groups excluding carboxylic acids is 3. The lowest BCUT2D eigenvalue weighted by molar-refractivity contribution is -0.394. The molecule has 1 fully saturated rings. The standard InChI is InChI=1S/C24H13ClFN3O8S/c25-20-10-16(26)5-4-14(20)12-27-22(30)21(38-24(27)32)7-13-2-1-3-19(6-13)37-23(31)15-8-17(28(33)34)11-18(9-15)29(35)36/h1-11H,12H2/b21-7-. The average Bonchev–Trinajstić information content (AvgIpc) is 3.12. The van der Waals surface area contributed by atoms with E-state index >= 15 is 0 Å². The topological polar surface area (TPSA) is 150 Å². The number of halogens is 2. The number of hydrogen-bond acceptors (Lipinski definition) is 9. The van der Waals surface area contributed by atoms with Crippen LogP contribution in [0.1, 0.15) is 21.5 Å². The molecule has 11 nitrogen and oxygen atoms in total. The van der Waals surface area contributed by atoms with Gasteiger partial charge in [-0.25, -0.2) is 9.18 Å². The van der Waals surface area contributed by atoms with E-state index in [2.05, 4.69) is 0 Å². The fourth-order valence-electron chi connectivity index (χ4n) is 3.37. The molecule has 1 heterocycles. The minimum absolute atomic E-state index is 0.0183. The molecule has 0 bridgehead atoms. The van der Waals surface area contributed by atoms with Gasteiger partial charge in [0.25, 0.3) is 22.5 Å². The number of nitro groups is 2. The molecule has 1 saturated heterocycles. The van der Waals surface area contributed by atoms with Crippen LogP contribution in [-0.4, -0.2) is 31.9 Å². The number of esters is 1. The minimum atomic E-state index is -1.08. The monoisotopic (exact) mass is 557 g/mol. The summed E-state index contributed by atoms with van der Waals surface area (Å²) in [5.41, 5.74) is -0.954. The normalized spacial score (nSPS) is 14.2. The number of amides is 2. The number of benzene rings is 3. The van der Waals surface area contributed by atoms with E-state index < -0.39 is 49.7 Å². The number of ether oxygens (including phenoxy) is 1. The van der Waals surface area contributed by atoms with E-state index in [1.165, 1.54) is 30.3 Å². The third kappa shape index (κ3) is 5.85. The van der Waals surface area contributed by atoms with Gasteiger partial charge < -0.3 is 4.74 Å². The number of nitro benzene ring substituents is 2. The second kappa shape index (κ2) is 10.8. The first-order chi connectivity index (χ1) is 18.0. The van der Waals surface area contributed by atoms with Crippen molar-refractivity contribution < 1.29 is 33.4 Å². The molecule has 4 rings (SSSR count). The molecule has 192 valence electrons. The van der Waals surface area contributed by atoms with Crippen molar-refractivity contribution in [1.29, 1.82) is 0 Å². The molecule has 3 aromatic carbocycles. The first-order valence-corrected chi connectivity index (χ1v) is 11.7. The Morgan fingerprint density at radius 2 is 1.71 bits per heavy atom. The highest BCUT2D eigenvalue weighted by Gasteiger charge is 2.35. The van der Waals surface area contributed by atoms with Gasteiger partial charge in [0.15, 0.2) is 0 Å². The SMILES string of the molecule is O=C(Oc1cccc(/C=C2\SC(=O)N(Cc3ccc(F)cc3Cl)C2=O)c1)c1cc([N+](=O)[O-])cc([N+](=O)[O-])c1. The fourth-order valence-corrected chi connectivity index (χ4v) is 4.43. The first-order valence-electron chi connectivity index (χ1n) is 10.5. The van der Waals surface area contributed by atoms with E-state index in [1.807, 2.05) is 0 Å². The second-order valence-electron chi connectivity index (χ2n) is 7.72. The van der Waals surface area contributed by atoms with Crippen molar-refractivity contribution in [2.75, 3.05) is 0 Å². The number of hydrogen-bond donors (Lipinski definition) is 0. The quantitative estimate of drug-likeness (QED) is 0.116. The van der Waals surface area contributed by atoms with E-state index in [0.29, 0.717) is 29.0 Å². The molecule has 0 radical (unpaired) electrons. The highest BCUT2D eigenvalue weighted by Crippen LogP contribution is 2.34. The Morgan fingerprint density at radius 3 is 2.34 bits per heavy atom. The molecule has 2 amide bonds. The summed E-state index contributed by atoms with van der Waals surface area (Å²) in [6.07, 6.45) is 1.40. The van der Waals surface area contributed by atoms with Gasteiger partial charge in [-0.05, 0) is 53.2 Å². The summed E-state index contributed by atoms with van der Waals surface area (Å²) in [7, 11) is 0.